The van der Waals surface area contributed by atoms with Crippen LogP contribution < -0.4 is 5.32 Å². The van der Waals surface area contributed by atoms with Crippen molar-refractivity contribution < 1.29 is 14.7 Å². The molecule has 0 radical (unpaired) electrons. The summed E-state index contributed by atoms with van der Waals surface area (Å²) in [5.41, 5.74) is 0. The monoisotopic (exact) mass is 300 g/mol. The molecule has 0 aliphatic carbocycles. The number of carbonyl (C=O) groups is 2. The molecule has 0 spiro atoms. The number of nitrogens with one attached hydrogen (secondary N) is 1. The number of hydrogen-bond donors (Lipinski definition) is 2. The molecule has 2 rings (SSSR count). The van der Waals surface area contributed by atoms with Crippen LogP contribution >= 0.6 is 11.8 Å². The first-order valence-electron chi connectivity index (χ1n) is 7.44. The zero-order chi connectivity index (χ0) is 14.7. The number of piperidine rings is 1. The Bertz CT molecular complexity index is 377. The van der Waals surface area contributed by atoms with Crippen LogP contribution in [-0.4, -0.2) is 51.6 Å². The Morgan fingerprint density at radius 1 is 1.45 bits per heavy atom. The topological polar surface area (TPSA) is 69.6 Å². The Balaban J connectivity index is 2.11. The minimum absolute atomic E-state index is 0.0221. The molecular formula is C14H24N2O3S. The van der Waals surface area contributed by atoms with Crippen LogP contribution in [0.3, 0.4) is 0 Å². The van der Waals surface area contributed by atoms with Gasteiger partial charge in [0, 0.05) is 17.7 Å². The van der Waals surface area contributed by atoms with Gasteiger partial charge >= 0.3 is 5.97 Å². The van der Waals surface area contributed by atoms with Gasteiger partial charge in [-0.3, -0.25) is 4.79 Å². The SMILES string of the molecule is CCCC1SCC(C(=O)O)N1C(=O)C1CCNC(C)C1. The normalized spacial score (nSPS) is 34.2. The molecule has 0 aromatic carbocycles. The van der Waals surface area contributed by atoms with Gasteiger partial charge in [0.15, 0.2) is 0 Å². The highest BCUT2D eigenvalue weighted by Gasteiger charge is 2.43. The van der Waals surface area contributed by atoms with Crippen LogP contribution in [0.25, 0.3) is 0 Å². The fourth-order valence-electron chi connectivity index (χ4n) is 3.09. The summed E-state index contributed by atoms with van der Waals surface area (Å²) in [6, 6.07) is -0.310. The van der Waals surface area contributed by atoms with E-state index in [1.54, 1.807) is 16.7 Å². The Hall–Kier alpha value is -0.750. The van der Waals surface area contributed by atoms with Crippen molar-refractivity contribution in [1.82, 2.24) is 10.2 Å². The van der Waals surface area contributed by atoms with Crippen molar-refractivity contribution >= 4 is 23.6 Å². The largest absolute Gasteiger partial charge is 0.480 e. The van der Waals surface area contributed by atoms with Gasteiger partial charge in [-0.25, -0.2) is 4.79 Å². The number of hydrogen-bond acceptors (Lipinski definition) is 4. The van der Waals surface area contributed by atoms with Crippen molar-refractivity contribution in [3.8, 4) is 0 Å². The summed E-state index contributed by atoms with van der Waals surface area (Å²) in [7, 11) is 0. The maximum atomic E-state index is 12.8. The first-order chi connectivity index (χ1) is 9.54. The summed E-state index contributed by atoms with van der Waals surface area (Å²) in [4.78, 5) is 25.8. The molecule has 0 aromatic heterocycles. The van der Waals surface area contributed by atoms with E-state index in [1.807, 2.05) is 0 Å². The van der Waals surface area contributed by atoms with E-state index in [9.17, 15) is 14.7 Å². The molecule has 4 atom stereocenters. The molecule has 0 bridgehead atoms. The number of rotatable bonds is 4. The molecular weight excluding hydrogens is 276 g/mol. The van der Waals surface area contributed by atoms with Gasteiger partial charge in [-0.2, -0.15) is 0 Å². The average Bonchev–Trinajstić information content (AvgIpc) is 2.82. The summed E-state index contributed by atoms with van der Waals surface area (Å²) in [6.07, 6.45) is 3.47. The second kappa shape index (κ2) is 6.80. The van der Waals surface area contributed by atoms with Gasteiger partial charge in [-0.05, 0) is 32.7 Å². The van der Waals surface area contributed by atoms with Gasteiger partial charge in [-0.1, -0.05) is 13.3 Å². The molecule has 1 amide bonds. The van der Waals surface area contributed by atoms with E-state index in [-0.39, 0.29) is 17.2 Å². The van der Waals surface area contributed by atoms with E-state index in [0.717, 1.165) is 32.2 Å². The highest BCUT2D eigenvalue weighted by molar-refractivity contribution is 8.00. The summed E-state index contributed by atoms with van der Waals surface area (Å²) >= 11 is 1.61. The zero-order valence-electron chi connectivity index (χ0n) is 12.2. The number of nitrogens with zero attached hydrogens (tertiary/aromatic N) is 1. The predicted molar refractivity (Wildman–Crippen MR) is 79.6 cm³/mol. The minimum atomic E-state index is -0.869. The van der Waals surface area contributed by atoms with Crippen LogP contribution in [0.5, 0.6) is 0 Å². The summed E-state index contributed by atoms with van der Waals surface area (Å²) < 4.78 is 0. The Labute approximate surface area is 124 Å². The molecule has 114 valence electrons. The quantitative estimate of drug-likeness (QED) is 0.824. The molecule has 2 aliphatic heterocycles. The van der Waals surface area contributed by atoms with Crippen LogP contribution in [0.15, 0.2) is 0 Å². The number of aliphatic carboxylic acids is 1. The predicted octanol–water partition coefficient (Wildman–Crippen LogP) is 1.53. The van der Waals surface area contributed by atoms with Crippen molar-refractivity contribution in [2.45, 2.75) is 57.0 Å². The van der Waals surface area contributed by atoms with Gasteiger partial charge in [-0.15, -0.1) is 11.8 Å². The zero-order valence-corrected chi connectivity index (χ0v) is 13.0. The highest BCUT2D eigenvalue weighted by atomic mass is 32.2. The maximum absolute atomic E-state index is 12.8. The van der Waals surface area contributed by atoms with Crippen LogP contribution in [0.2, 0.25) is 0 Å². The molecule has 4 unspecified atom stereocenters. The molecule has 5 nitrogen and oxygen atoms in total. The van der Waals surface area contributed by atoms with Gasteiger partial charge in [0.2, 0.25) is 5.91 Å². The van der Waals surface area contributed by atoms with Gasteiger partial charge in [0.1, 0.15) is 6.04 Å². The van der Waals surface area contributed by atoms with Crippen molar-refractivity contribution in [2.75, 3.05) is 12.3 Å². The summed E-state index contributed by atoms with van der Waals surface area (Å²) in [6.45, 7) is 5.00. The molecule has 0 saturated carbocycles. The van der Waals surface area contributed by atoms with E-state index in [0.29, 0.717) is 11.8 Å². The lowest BCUT2D eigenvalue weighted by Crippen LogP contribution is -2.50. The first kappa shape index (κ1) is 15.6. The van der Waals surface area contributed by atoms with Gasteiger partial charge in [0.05, 0.1) is 5.37 Å². The van der Waals surface area contributed by atoms with E-state index >= 15 is 0 Å². The van der Waals surface area contributed by atoms with Gasteiger partial charge in [0.25, 0.3) is 0 Å². The van der Waals surface area contributed by atoms with Crippen LogP contribution in [-0.2, 0) is 9.59 Å². The summed E-state index contributed by atoms with van der Waals surface area (Å²) in [5, 5.41) is 12.7. The van der Waals surface area contributed by atoms with Crippen molar-refractivity contribution in [1.29, 1.82) is 0 Å². The number of amides is 1. The minimum Gasteiger partial charge on any atom is -0.480 e. The second-order valence-electron chi connectivity index (χ2n) is 5.75. The molecule has 0 aromatic rings. The molecule has 2 heterocycles. The lowest BCUT2D eigenvalue weighted by Gasteiger charge is -2.34. The number of carboxylic acids is 1. The third-order valence-electron chi connectivity index (χ3n) is 4.14. The Morgan fingerprint density at radius 3 is 2.80 bits per heavy atom. The van der Waals surface area contributed by atoms with Crippen LogP contribution in [0.4, 0.5) is 0 Å². The number of carboxylic acid groups (broad SMARTS) is 1. The smallest absolute Gasteiger partial charge is 0.327 e. The highest BCUT2D eigenvalue weighted by Crippen LogP contribution is 2.35. The third-order valence-corrected chi connectivity index (χ3v) is 5.50. The van der Waals surface area contributed by atoms with Crippen molar-refractivity contribution in [3.05, 3.63) is 0 Å². The number of thioether (sulfide) groups is 1. The lowest BCUT2D eigenvalue weighted by molar-refractivity contribution is -0.151. The standard InChI is InChI=1S/C14H24N2O3S/c1-3-4-12-16(11(8-20-12)14(18)19)13(17)10-5-6-15-9(2)7-10/h9-12,15H,3-8H2,1-2H3,(H,18,19). The van der Waals surface area contributed by atoms with E-state index in [2.05, 4.69) is 19.2 Å². The number of carbonyl (C=O) groups excluding carboxylic acids is 1. The molecule has 20 heavy (non-hydrogen) atoms. The molecule has 2 saturated heterocycles. The Morgan fingerprint density at radius 2 is 2.20 bits per heavy atom. The molecule has 2 fully saturated rings. The fraction of sp³-hybridized carbons (Fsp3) is 0.857. The van der Waals surface area contributed by atoms with Gasteiger partial charge < -0.3 is 15.3 Å². The van der Waals surface area contributed by atoms with E-state index < -0.39 is 12.0 Å². The summed E-state index contributed by atoms with van der Waals surface area (Å²) in [5.74, 6) is -0.321. The molecule has 6 heteroatoms. The average molecular weight is 300 g/mol. The van der Waals surface area contributed by atoms with Crippen LogP contribution in [0, 0.1) is 5.92 Å². The lowest BCUT2D eigenvalue weighted by atomic mass is 9.91. The fourth-order valence-corrected chi connectivity index (χ4v) is 4.61. The third kappa shape index (κ3) is 3.28. The first-order valence-corrected chi connectivity index (χ1v) is 8.49. The second-order valence-corrected chi connectivity index (χ2v) is 6.96. The maximum Gasteiger partial charge on any atom is 0.327 e. The Kier molecular flexibility index (Phi) is 5.32. The van der Waals surface area contributed by atoms with E-state index in [4.69, 9.17) is 0 Å². The van der Waals surface area contributed by atoms with Crippen molar-refractivity contribution in [2.24, 2.45) is 5.92 Å². The van der Waals surface area contributed by atoms with E-state index in [1.165, 1.54) is 0 Å². The van der Waals surface area contributed by atoms with Crippen molar-refractivity contribution in [3.63, 3.8) is 0 Å². The molecule has 2 N–H and O–H groups in total. The van der Waals surface area contributed by atoms with Crippen LogP contribution in [0.1, 0.15) is 39.5 Å². The molecule has 2 aliphatic rings.